The van der Waals surface area contributed by atoms with E-state index in [4.69, 9.17) is 0 Å². The Morgan fingerprint density at radius 1 is 1.33 bits per heavy atom. The summed E-state index contributed by atoms with van der Waals surface area (Å²) < 4.78 is 30.1. The smallest absolute Gasteiger partial charge is 0.387 e. The molecule has 2 N–H and O–H groups in total. The van der Waals surface area contributed by atoms with Gasteiger partial charge in [0.25, 0.3) is 0 Å². The number of anilines is 1. The Morgan fingerprint density at radius 3 is 2.63 bits per heavy atom. The first kappa shape index (κ1) is 21.0. The van der Waals surface area contributed by atoms with E-state index in [0.717, 1.165) is 31.8 Å². The number of nitrogens with zero attached hydrogens (tertiary/aromatic N) is 3. The van der Waals surface area contributed by atoms with Gasteiger partial charge in [0, 0.05) is 13.0 Å². The Balaban J connectivity index is 0.00000261. The van der Waals surface area contributed by atoms with Gasteiger partial charge < -0.3 is 10.1 Å². The zero-order valence-electron chi connectivity index (χ0n) is 14.8. The number of benzene rings is 1. The number of aryl methyl sites for hydroxylation is 1. The molecule has 7 nitrogen and oxygen atoms in total. The lowest BCUT2D eigenvalue weighted by atomic mass is 9.98. The first-order valence-electron chi connectivity index (χ1n) is 8.46. The number of halogens is 3. The minimum Gasteiger partial charge on any atom is -0.435 e. The topological polar surface area (TPSA) is 81.1 Å². The van der Waals surface area contributed by atoms with E-state index >= 15 is 0 Å². The molecule has 3 rings (SSSR count). The third kappa shape index (κ3) is 5.86. The molecule has 1 aliphatic heterocycles. The Hall–Kier alpha value is -2.26. The fourth-order valence-corrected chi connectivity index (χ4v) is 2.91. The molecule has 0 bridgehead atoms. The molecule has 0 spiro atoms. The summed E-state index contributed by atoms with van der Waals surface area (Å²) in [7, 11) is 1.74. The summed E-state index contributed by atoms with van der Waals surface area (Å²) in [5.41, 5.74) is 0.685. The lowest BCUT2D eigenvalue weighted by molar-refractivity contribution is -0.115. The van der Waals surface area contributed by atoms with E-state index in [1.165, 1.54) is 12.1 Å². The van der Waals surface area contributed by atoms with E-state index in [1.807, 2.05) is 0 Å². The number of alkyl halides is 2. The minimum absolute atomic E-state index is 0. The quantitative estimate of drug-likeness (QED) is 0.777. The Morgan fingerprint density at radius 2 is 2.00 bits per heavy atom. The van der Waals surface area contributed by atoms with Gasteiger partial charge in [-0.15, -0.1) is 12.4 Å². The number of hydrogen-bond donors (Lipinski definition) is 2. The lowest BCUT2D eigenvalue weighted by Crippen LogP contribution is -2.27. The maximum absolute atomic E-state index is 12.2. The highest BCUT2D eigenvalue weighted by molar-refractivity contribution is 5.90. The average Bonchev–Trinajstić information content (AvgIpc) is 2.97. The number of rotatable bonds is 6. The van der Waals surface area contributed by atoms with Gasteiger partial charge in [-0.25, -0.2) is 4.68 Å². The molecule has 1 aromatic heterocycles. The van der Waals surface area contributed by atoms with Crippen molar-refractivity contribution in [2.45, 2.75) is 31.8 Å². The second-order valence-electron chi connectivity index (χ2n) is 6.19. The molecule has 2 aromatic rings. The Bertz CT molecular complexity index is 748. The van der Waals surface area contributed by atoms with Gasteiger partial charge in [-0.1, -0.05) is 12.1 Å². The molecule has 1 aliphatic rings. The number of nitrogens with one attached hydrogen (secondary N) is 2. The SMILES string of the molecule is Cl.Cn1nc(C2CCNCC2)nc1NC(=O)Cc1ccc(OC(F)F)cc1. The van der Waals surface area contributed by atoms with Crippen molar-refractivity contribution in [2.75, 3.05) is 18.4 Å². The van der Waals surface area contributed by atoms with Gasteiger partial charge in [-0.3, -0.25) is 10.1 Å². The number of hydrogen-bond acceptors (Lipinski definition) is 5. The third-order valence-corrected chi connectivity index (χ3v) is 4.25. The number of carbonyl (C=O) groups is 1. The number of piperidine rings is 1. The van der Waals surface area contributed by atoms with Crippen LogP contribution < -0.4 is 15.4 Å². The molecule has 0 unspecified atom stereocenters. The van der Waals surface area contributed by atoms with Gasteiger partial charge in [0.1, 0.15) is 5.75 Å². The predicted molar refractivity (Wildman–Crippen MR) is 98.5 cm³/mol. The molecule has 1 aromatic carbocycles. The second kappa shape index (κ2) is 9.61. The van der Waals surface area contributed by atoms with E-state index in [9.17, 15) is 13.6 Å². The van der Waals surface area contributed by atoms with Crippen molar-refractivity contribution in [3.05, 3.63) is 35.7 Å². The van der Waals surface area contributed by atoms with E-state index in [1.54, 1.807) is 23.9 Å². The molecule has 2 heterocycles. The molecular formula is C17H22ClF2N5O2. The summed E-state index contributed by atoms with van der Waals surface area (Å²) in [6.07, 6.45) is 2.05. The zero-order valence-corrected chi connectivity index (χ0v) is 15.6. The van der Waals surface area contributed by atoms with Crippen molar-refractivity contribution >= 4 is 24.3 Å². The third-order valence-electron chi connectivity index (χ3n) is 4.25. The highest BCUT2D eigenvalue weighted by atomic mass is 35.5. The number of amides is 1. The first-order chi connectivity index (χ1) is 12.5. The Labute approximate surface area is 161 Å². The van der Waals surface area contributed by atoms with Crippen molar-refractivity contribution in [3.63, 3.8) is 0 Å². The summed E-state index contributed by atoms with van der Waals surface area (Å²) >= 11 is 0. The highest BCUT2D eigenvalue weighted by Gasteiger charge is 2.21. The van der Waals surface area contributed by atoms with Crippen LogP contribution in [0, 0.1) is 0 Å². The van der Waals surface area contributed by atoms with Crippen molar-refractivity contribution in [1.29, 1.82) is 0 Å². The van der Waals surface area contributed by atoms with Gasteiger partial charge in [0.15, 0.2) is 5.82 Å². The van der Waals surface area contributed by atoms with Crippen LogP contribution in [0.1, 0.15) is 30.1 Å². The minimum atomic E-state index is -2.87. The molecular weight excluding hydrogens is 380 g/mol. The maximum Gasteiger partial charge on any atom is 0.387 e. The van der Waals surface area contributed by atoms with Crippen LogP contribution in [-0.4, -0.2) is 40.4 Å². The summed E-state index contributed by atoms with van der Waals surface area (Å²) in [6, 6.07) is 5.97. The van der Waals surface area contributed by atoms with Crippen molar-refractivity contribution < 1.29 is 18.3 Å². The van der Waals surface area contributed by atoms with E-state index in [0.29, 0.717) is 17.4 Å². The summed E-state index contributed by atoms with van der Waals surface area (Å²) in [6.45, 7) is -0.986. The van der Waals surface area contributed by atoms with Crippen LogP contribution in [0.25, 0.3) is 0 Å². The molecule has 0 atom stereocenters. The van der Waals surface area contributed by atoms with Crippen molar-refractivity contribution in [2.24, 2.45) is 7.05 Å². The predicted octanol–water partition coefficient (Wildman–Crippen LogP) is 2.49. The molecule has 1 saturated heterocycles. The normalized spacial score (nSPS) is 14.7. The largest absolute Gasteiger partial charge is 0.435 e. The molecule has 10 heteroatoms. The molecule has 148 valence electrons. The van der Waals surface area contributed by atoms with E-state index in [-0.39, 0.29) is 30.5 Å². The van der Waals surface area contributed by atoms with Crippen LogP contribution in [0.15, 0.2) is 24.3 Å². The zero-order chi connectivity index (χ0) is 18.5. The molecule has 0 aliphatic carbocycles. The fourth-order valence-electron chi connectivity index (χ4n) is 2.91. The fraction of sp³-hybridized carbons (Fsp3) is 0.471. The van der Waals surface area contributed by atoms with Crippen LogP contribution in [0.4, 0.5) is 14.7 Å². The van der Waals surface area contributed by atoms with Crippen LogP contribution in [0.2, 0.25) is 0 Å². The van der Waals surface area contributed by atoms with Crippen LogP contribution in [0.3, 0.4) is 0 Å². The molecule has 27 heavy (non-hydrogen) atoms. The van der Waals surface area contributed by atoms with Gasteiger partial charge >= 0.3 is 6.61 Å². The van der Waals surface area contributed by atoms with Crippen LogP contribution in [-0.2, 0) is 18.3 Å². The maximum atomic E-state index is 12.2. The van der Waals surface area contributed by atoms with E-state index in [2.05, 4.69) is 25.5 Å². The van der Waals surface area contributed by atoms with Gasteiger partial charge in [-0.2, -0.15) is 18.9 Å². The monoisotopic (exact) mass is 401 g/mol. The second-order valence-corrected chi connectivity index (χ2v) is 6.19. The Kier molecular flexibility index (Phi) is 7.49. The number of carbonyl (C=O) groups excluding carboxylic acids is 1. The first-order valence-corrected chi connectivity index (χ1v) is 8.46. The van der Waals surface area contributed by atoms with Gasteiger partial charge in [0.2, 0.25) is 11.9 Å². The highest BCUT2D eigenvalue weighted by Crippen LogP contribution is 2.23. The average molecular weight is 402 g/mol. The number of ether oxygens (including phenoxy) is 1. The molecule has 0 saturated carbocycles. The van der Waals surface area contributed by atoms with E-state index < -0.39 is 6.61 Å². The molecule has 0 radical (unpaired) electrons. The lowest BCUT2D eigenvalue weighted by Gasteiger charge is -2.19. The van der Waals surface area contributed by atoms with Crippen LogP contribution >= 0.6 is 12.4 Å². The number of aromatic nitrogens is 3. The molecule has 1 fully saturated rings. The van der Waals surface area contributed by atoms with Gasteiger partial charge in [-0.05, 0) is 43.6 Å². The van der Waals surface area contributed by atoms with Crippen molar-refractivity contribution in [1.82, 2.24) is 20.1 Å². The van der Waals surface area contributed by atoms with Crippen LogP contribution in [0.5, 0.6) is 5.75 Å². The summed E-state index contributed by atoms with van der Waals surface area (Å²) in [5.74, 6) is 1.26. The summed E-state index contributed by atoms with van der Waals surface area (Å²) in [5, 5.41) is 10.5. The van der Waals surface area contributed by atoms with Crippen molar-refractivity contribution in [3.8, 4) is 5.75 Å². The summed E-state index contributed by atoms with van der Waals surface area (Å²) in [4.78, 5) is 16.7. The molecule has 1 amide bonds. The standard InChI is InChI=1S/C17H21F2N5O2.ClH/c1-24-17(22-15(23-24)12-6-8-20-9-7-12)21-14(25)10-11-2-4-13(5-3-11)26-16(18)19;/h2-5,12,16,20H,6-10H2,1H3,(H,21,22,23,25);1H. The van der Waals surface area contributed by atoms with Gasteiger partial charge in [0.05, 0.1) is 6.42 Å².